The van der Waals surface area contributed by atoms with E-state index in [0.717, 1.165) is 115 Å². The van der Waals surface area contributed by atoms with Crippen molar-refractivity contribution in [3.05, 3.63) is 356 Å². The van der Waals surface area contributed by atoms with Gasteiger partial charge in [0, 0.05) is 98.1 Å². The van der Waals surface area contributed by atoms with Gasteiger partial charge in [0.2, 0.25) is 0 Å². The molecule has 6 heteroatoms. The molecule has 16 aromatic carbocycles. The number of nitrogens with zero attached hydrogens (tertiary/aromatic N) is 4. The van der Waals surface area contributed by atoms with Crippen LogP contribution < -0.4 is 26.2 Å². The summed E-state index contributed by atoms with van der Waals surface area (Å²) >= 11 is 1.74. The highest BCUT2D eigenvalue weighted by Gasteiger charge is 2.47. The first-order valence-electron chi connectivity index (χ1n) is 48.6. The Balaban J connectivity index is 0.972. The van der Waals surface area contributed by atoms with Crippen LogP contribution in [0.25, 0.3) is 153 Å². The van der Waals surface area contributed by atoms with Crippen LogP contribution in [0.1, 0.15) is 106 Å². The molecule has 0 N–H and O–H groups in total. The van der Waals surface area contributed by atoms with Crippen molar-refractivity contribution < 1.29 is 27.4 Å². The maximum atomic E-state index is 10.5. The van der Waals surface area contributed by atoms with Crippen LogP contribution in [-0.4, -0.2) is 15.8 Å². The molecular formula is C108H83BN4S. The van der Waals surface area contributed by atoms with Gasteiger partial charge < -0.3 is 18.9 Å². The highest BCUT2D eigenvalue weighted by Crippen LogP contribution is 2.57. The molecule has 0 unspecified atom stereocenters. The van der Waals surface area contributed by atoms with E-state index in [0.29, 0.717) is 39.4 Å². The molecule has 6 heterocycles. The summed E-state index contributed by atoms with van der Waals surface area (Å²) in [5, 5.41) is 1.52. The van der Waals surface area contributed by atoms with Crippen molar-refractivity contribution in [1.82, 2.24) is 9.13 Å². The van der Waals surface area contributed by atoms with Crippen LogP contribution in [0.5, 0.6) is 0 Å². The maximum Gasteiger partial charge on any atom is 0.252 e. The molecule has 0 aliphatic carbocycles. The molecule has 3 aliphatic heterocycles. The molecule has 19 aromatic rings. The number of para-hydroxylation sites is 3. The number of hydrogen-bond donors (Lipinski definition) is 0. The third-order valence-electron chi connectivity index (χ3n) is 23.4. The van der Waals surface area contributed by atoms with Crippen molar-refractivity contribution in [3.63, 3.8) is 0 Å². The molecule has 0 amide bonds. The van der Waals surface area contributed by atoms with E-state index in [1.54, 1.807) is 15.9 Å². The maximum absolute atomic E-state index is 10.5. The number of fused-ring (bicyclic) bond motifs is 26. The number of anilines is 6. The number of benzene rings is 16. The van der Waals surface area contributed by atoms with Gasteiger partial charge in [-0.15, -0.1) is 11.3 Å². The van der Waals surface area contributed by atoms with Gasteiger partial charge >= 0.3 is 0 Å². The molecule has 3 aliphatic rings. The zero-order chi connectivity index (χ0) is 94.2. The van der Waals surface area contributed by atoms with Crippen LogP contribution in [0.4, 0.5) is 34.1 Å². The molecular weight excluding hydrogens is 1400 g/mol. The van der Waals surface area contributed by atoms with Crippen molar-refractivity contribution in [2.75, 3.05) is 9.80 Å². The van der Waals surface area contributed by atoms with Gasteiger partial charge in [-0.25, -0.2) is 0 Å². The predicted molar refractivity (Wildman–Crippen MR) is 490 cm³/mol. The first-order valence-corrected chi connectivity index (χ1v) is 39.4. The summed E-state index contributed by atoms with van der Waals surface area (Å²) in [5.41, 5.74) is 16.7. The zero-order valence-electron chi connectivity index (χ0n) is 84.1. The monoisotopic (exact) mass is 1500 g/mol. The van der Waals surface area contributed by atoms with Gasteiger partial charge in [0.1, 0.15) is 0 Å². The van der Waals surface area contributed by atoms with Crippen LogP contribution >= 0.6 is 11.3 Å². The normalized spacial score (nSPS) is 15.5. The Kier molecular flexibility index (Phi) is 11.1. The van der Waals surface area contributed by atoms with Crippen molar-refractivity contribution in [1.29, 1.82) is 0 Å². The Labute approximate surface area is 698 Å². The molecule has 22 rings (SSSR count). The summed E-state index contributed by atoms with van der Waals surface area (Å²) in [6.45, 7) is 18.9. The molecule has 0 atom stereocenters. The molecule has 3 aromatic heterocycles. The molecule has 0 fully saturated rings. The van der Waals surface area contributed by atoms with Crippen LogP contribution in [-0.2, 0) is 16.2 Å². The summed E-state index contributed by atoms with van der Waals surface area (Å²) in [5.74, 6) is 0. The molecule has 0 saturated carbocycles. The van der Waals surface area contributed by atoms with Gasteiger partial charge in [-0.05, 0) is 232 Å². The molecule has 13 bridgehead atoms. The van der Waals surface area contributed by atoms with Crippen LogP contribution in [0.15, 0.2) is 339 Å². The summed E-state index contributed by atoms with van der Waals surface area (Å²) in [4.78, 5) is 4.68. The Morgan fingerprint density at radius 3 is 1.12 bits per heavy atom. The van der Waals surface area contributed by atoms with E-state index in [9.17, 15) is 23.3 Å². The lowest BCUT2D eigenvalue weighted by Crippen LogP contribution is -2.61. The smallest absolute Gasteiger partial charge is 0.252 e. The van der Waals surface area contributed by atoms with Gasteiger partial charge in [-0.3, -0.25) is 0 Å². The lowest BCUT2D eigenvalue weighted by atomic mass is 9.33. The Morgan fingerprint density at radius 1 is 0.281 bits per heavy atom. The topological polar surface area (TPSA) is 16.3 Å². The molecule has 0 radical (unpaired) electrons. The van der Waals surface area contributed by atoms with Crippen LogP contribution in [0.3, 0.4) is 0 Å². The largest absolute Gasteiger partial charge is 0.310 e. The summed E-state index contributed by atoms with van der Waals surface area (Å²) in [6.07, 6.45) is 0. The molecule has 0 saturated heterocycles. The second-order valence-electron chi connectivity index (χ2n) is 33.3. The molecule has 4 nitrogen and oxygen atoms in total. The standard InChI is InChI=1S/C108H83BN4S/c1-106(2,3)76-58-84(67-29-15-11-16-30-67)104-86(60-76)74-35-25-33-69(53-74)72-44-51-101-89(56-72)90-57-73(45-52-102(90)114-101)70-34-26-36-75(54-70)87-61-77(107(4,5)6)59-85(68-31-17-12-18-32-68)105(87)113-98-65-80(111-95-42-24-21-39-83(95)88-55-71(43-50-96(88)111)66-27-13-10-14-28-66)47-49-92(98)109-91-48-46-79(110-93-40-22-19-37-81(93)82-38-20-23-41-94(82)110)64-97(91)112(104)99-62-78(108(7,8)9)63-100(113)103(99)109/h10-65H,1-9H3/i10D,13D,14D,19D,20D,21D,22D,23D,24D,27D,28D,37D,38D,39D,40D,41D,42D,43D,50D,55D. The lowest BCUT2D eigenvalue weighted by Gasteiger charge is -2.47. The van der Waals surface area contributed by atoms with Gasteiger partial charge in [0.05, 0.1) is 60.9 Å². The highest BCUT2D eigenvalue weighted by molar-refractivity contribution is 7.25. The van der Waals surface area contributed by atoms with E-state index in [1.165, 1.54) is 4.57 Å². The Hall–Kier alpha value is -13.0. The number of hydrogen-bond acceptors (Lipinski definition) is 3. The van der Waals surface area contributed by atoms with Gasteiger partial charge in [0.25, 0.3) is 6.71 Å². The molecule has 0 spiro atoms. The SMILES string of the molecule is [2H]c1c([2H])c([2H])c(-c2c([2H])c([2H])c3c(c2[2H])c2c([2H])c([2H])c([2H])c([2H])c2n3-c2ccc3c(c2)N2c4cc(C(C)(C)C)cc5c4B3c3ccc(-n4c6c([2H])c([2H])c([2H])c([2H])c6c6c([2H])c([2H])c([2H])c([2H])c64)cc3N5c3c(-c4ccccc4)cc(C(C)(C)C)cc3-c3cccc(c3)-c3ccc4sc5ccc(cc5c4c3)-c3cccc(c3)-c3cc(C(C)(C)C)cc(-c4ccccc4)c32)c([2H])c1[2H]. The van der Waals surface area contributed by atoms with E-state index in [-0.39, 0.29) is 55.0 Å². The predicted octanol–water partition coefficient (Wildman–Crippen LogP) is 28.2. The fraction of sp³-hybridized carbons (Fsp3) is 0.111. The van der Waals surface area contributed by atoms with E-state index in [4.69, 9.17) is 4.11 Å². The van der Waals surface area contributed by atoms with E-state index in [1.807, 2.05) is 72.8 Å². The van der Waals surface area contributed by atoms with Crippen molar-refractivity contribution in [2.24, 2.45) is 0 Å². The number of rotatable bonds is 5. The minimum atomic E-state index is -0.863. The highest BCUT2D eigenvalue weighted by atomic mass is 32.1. The van der Waals surface area contributed by atoms with Crippen molar-refractivity contribution >= 4 is 132 Å². The molecule has 544 valence electrons. The fourth-order valence-corrected chi connectivity index (χ4v) is 18.8. The van der Waals surface area contributed by atoms with E-state index < -0.39 is 155 Å². The number of aromatic nitrogens is 2. The Bertz CT molecular complexity index is 8210. The van der Waals surface area contributed by atoms with Crippen molar-refractivity contribution in [2.45, 2.75) is 78.6 Å². The minimum Gasteiger partial charge on any atom is -0.310 e. The third kappa shape index (κ3) is 10.6. The van der Waals surface area contributed by atoms with Crippen LogP contribution in [0.2, 0.25) is 0 Å². The van der Waals surface area contributed by atoms with E-state index in [2.05, 4.69) is 218 Å². The first kappa shape index (κ1) is 50.1. The Morgan fingerprint density at radius 2 is 0.667 bits per heavy atom. The third-order valence-corrected chi connectivity index (χ3v) is 24.6. The fourth-order valence-electron chi connectivity index (χ4n) is 17.7. The van der Waals surface area contributed by atoms with Crippen LogP contribution in [0, 0.1) is 0 Å². The van der Waals surface area contributed by atoms with Gasteiger partial charge in [-0.2, -0.15) is 0 Å². The minimum absolute atomic E-state index is 0.0791. The van der Waals surface area contributed by atoms with Gasteiger partial charge in [0.15, 0.2) is 0 Å². The molecule has 114 heavy (non-hydrogen) atoms. The zero-order valence-corrected chi connectivity index (χ0v) is 64.9. The summed E-state index contributed by atoms with van der Waals surface area (Å²) < 4.78 is 197. The quantitative estimate of drug-likeness (QED) is 0.160. The second-order valence-corrected chi connectivity index (χ2v) is 34.4. The summed E-state index contributed by atoms with van der Waals surface area (Å²) in [6, 6.07) is 64.2. The van der Waals surface area contributed by atoms with E-state index >= 15 is 0 Å². The first-order chi connectivity index (χ1) is 63.7. The summed E-state index contributed by atoms with van der Waals surface area (Å²) in [7, 11) is 0. The lowest BCUT2D eigenvalue weighted by molar-refractivity contribution is 0.590. The average molecular weight is 1500 g/mol. The van der Waals surface area contributed by atoms with Crippen molar-refractivity contribution in [3.8, 4) is 89.3 Å². The average Bonchev–Trinajstić information content (AvgIpc) is 1.05. The second kappa shape index (κ2) is 25.3. The van der Waals surface area contributed by atoms with Gasteiger partial charge in [-0.1, -0.05) is 274 Å². The number of thiophene rings is 1.